The van der Waals surface area contributed by atoms with Gasteiger partial charge in [-0.2, -0.15) is 0 Å². The maximum atomic E-state index is 11.2. The van der Waals surface area contributed by atoms with Crippen LogP contribution < -0.4 is 9.64 Å². The van der Waals surface area contributed by atoms with Gasteiger partial charge in [0.15, 0.2) is 6.61 Å². The molecular formula is C27H31NO3S. The number of rotatable bonds is 11. The van der Waals surface area contributed by atoms with Crippen molar-refractivity contribution >= 4 is 23.4 Å². The molecule has 4 nitrogen and oxygen atoms in total. The van der Waals surface area contributed by atoms with Gasteiger partial charge in [-0.3, -0.25) is 0 Å². The van der Waals surface area contributed by atoms with Crippen LogP contribution in [0.15, 0.2) is 77.7 Å². The molecule has 0 aromatic heterocycles. The maximum absolute atomic E-state index is 11.2. The van der Waals surface area contributed by atoms with E-state index in [2.05, 4.69) is 71.2 Å². The Labute approximate surface area is 195 Å². The molecule has 0 aliphatic rings. The minimum atomic E-state index is -0.377. The summed E-state index contributed by atoms with van der Waals surface area (Å²) in [6.07, 6.45) is 1.10. The third kappa shape index (κ3) is 6.79. The molecule has 0 amide bonds. The molecular weight excluding hydrogens is 418 g/mol. The van der Waals surface area contributed by atoms with Gasteiger partial charge in [-0.25, -0.2) is 4.79 Å². The van der Waals surface area contributed by atoms with Gasteiger partial charge in [0.05, 0.1) is 7.11 Å². The minimum Gasteiger partial charge on any atom is -0.482 e. The zero-order valence-electron chi connectivity index (χ0n) is 19.0. The van der Waals surface area contributed by atoms with Crippen molar-refractivity contribution in [3.8, 4) is 16.9 Å². The van der Waals surface area contributed by atoms with Crippen molar-refractivity contribution in [3.63, 3.8) is 0 Å². The first-order chi connectivity index (χ1) is 15.6. The fourth-order valence-electron chi connectivity index (χ4n) is 3.48. The van der Waals surface area contributed by atoms with Gasteiger partial charge in [0.2, 0.25) is 0 Å². The number of carbonyl (C=O) groups is 1. The number of methoxy groups -OCH3 is 1. The highest BCUT2D eigenvalue weighted by atomic mass is 32.2. The first-order valence-electron chi connectivity index (χ1n) is 10.9. The van der Waals surface area contributed by atoms with Crippen LogP contribution in [-0.4, -0.2) is 38.5 Å². The Morgan fingerprint density at radius 2 is 1.69 bits per heavy atom. The molecule has 3 rings (SSSR count). The molecule has 0 aliphatic heterocycles. The van der Waals surface area contributed by atoms with Gasteiger partial charge in [0.25, 0.3) is 0 Å². The summed E-state index contributed by atoms with van der Waals surface area (Å²) in [5.74, 6) is 1.38. The van der Waals surface area contributed by atoms with Crippen LogP contribution in [0.2, 0.25) is 0 Å². The molecule has 0 N–H and O–H groups in total. The molecule has 0 aliphatic carbocycles. The van der Waals surface area contributed by atoms with Gasteiger partial charge in [-0.1, -0.05) is 42.5 Å². The van der Waals surface area contributed by atoms with E-state index in [1.54, 1.807) is 0 Å². The zero-order chi connectivity index (χ0) is 22.8. The first-order valence-corrected chi connectivity index (χ1v) is 11.9. The van der Waals surface area contributed by atoms with Crippen molar-refractivity contribution < 1.29 is 14.3 Å². The molecule has 0 fully saturated rings. The molecule has 3 aromatic carbocycles. The molecule has 0 bridgehead atoms. The Bertz CT molecular complexity index is 990. The Morgan fingerprint density at radius 1 is 0.969 bits per heavy atom. The van der Waals surface area contributed by atoms with E-state index in [-0.39, 0.29) is 12.6 Å². The van der Waals surface area contributed by atoms with E-state index in [1.165, 1.54) is 28.8 Å². The molecule has 3 aromatic rings. The predicted molar refractivity (Wildman–Crippen MR) is 134 cm³/mol. The van der Waals surface area contributed by atoms with E-state index in [1.807, 2.05) is 36.9 Å². The normalized spacial score (nSPS) is 10.6. The summed E-state index contributed by atoms with van der Waals surface area (Å²) in [4.78, 5) is 14.9. The quantitative estimate of drug-likeness (QED) is 0.197. The standard InChI is InChI=1S/C27H31NO3S/c1-4-28(24-13-11-23(12-14-24)22-9-6-5-7-10-22)17-8-18-32-25-15-16-26(21(2)19-25)31-20-27(29)30-3/h5-7,9-16,19H,4,8,17-18,20H2,1-3H3. The zero-order valence-corrected chi connectivity index (χ0v) is 19.9. The van der Waals surface area contributed by atoms with Gasteiger partial charge in [-0.05, 0) is 73.0 Å². The third-order valence-electron chi connectivity index (χ3n) is 5.28. The van der Waals surface area contributed by atoms with Crippen LogP contribution in [0.1, 0.15) is 18.9 Å². The van der Waals surface area contributed by atoms with Crippen LogP contribution in [0, 0.1) is 6.92 Å². The molecule has 0 spiro atoms. The number of carbonyl (C=O) groups excluding carboxylic acids is 1. The number of aryl methyl sites for hydroxylation is 1. The summed E-state index contributed by atoms with van der Waals surface area (Å²) in [6.45, 7) is 6.14. The number of nitrogens with zero attached hydrogens (tertiary/aromatic N) is 1. The summed E-state index contributed by atoms with van der Waals surface area (Å²) in [5, 5.41) is 0. The maximum Gasteiger partial charge on any atom is 0.343 e. The monoisotopic (exact) mass is 449 g/mol. The fraction of sp³-hybridized carbons (Fsp3) is 0.296. The number of hydrogen-bond donors (Lipinski definition) is 0. The second-order valence-corrected chi connectivity index (χ2v) is 8.66. The highest BCUT2D eigenvalue weighted by molar-refractivity contribution is 7.99. The largest absolute Gasteiger partial charge is 0.482 e. The molecule has 0 heterocycles. The lowest BCUT2D eigenvalue weighted by Crippen LogP contribution is -2.24. The Balaban J connectivity index is 1.48. The molecule has 0 saturated carbocycles. The van der Waals surface area contributed by atoms with Crippen LogP contribution in [0.5, 0.6) is 5.75 Å². The second kappa shape index (κ2) is 12.2. The van der Waals surface area contributed by atoms with Crippen LogP contribution in [0.25, 0.3) is 11.1 Å². The predicted octanol–water partition coefficient (Wildman–Crippen LogP) is 6.22. The summed E-state index contributed by atoms with van der Waals surface area (Å²) in [5.41, 5.74) is 4.78. The van der Waals surface area contributed by atoms with Gasteiger partial charge in [0, 0.05) is 23.7 Å². The van der Waals surface area contributed by atoms with Crippen molar-refractivity contribution in [2.24, 2.45) is 0 Å². The molecule has 5 heteroatoms. The van der Waals surface area contributed by atoms with Crippen molar-refractivity contribution in [1.29, 1.82) is 0 Å². The van der Waals surface area contributed by atoms with E-state index >= 15 is 0 Å². The average molecular weight is 450 g/mol. The van der Waals surface area contributed by atoms with Crippen molar-refractivity contribution in [3.05, 3.63) is 78.4 Å². The van der Waals surface area contributed by atoms with Crippen LogP contribution in [-0.2, 0) is 9.53 Å². The molecule has 168 valence electrons. The fourth-order valence-corrected chi connectivity index (χ4v) is 4.41. The number of ether oxygens (including phenoxy) is 2. The summed E-state index contributed by atoms with van der Waals surface area (Å²) >= 11 is 1.85. The number of benzene rings is 3. The van der Waals surface area contributed by atoms with E-state index in [9.17, 15) is 4.79 Å². The van der Waals surface area contributed by atoms with Gasteiger partial charge in [0.1, 0.15) is 5.75 Å². The first kappa shape index (κ1) is 23.7. The molecule has 32 heavy (non-hydrogen) atoms. The van der Waals surface area contributed by atoms with Crippen molar-refractivity contribution in [1.82, 2.24) is 0 Å². The Hall–Kier alpha value is -2.92. The van der Waals surface area contributed by atoms with E-state index in [4.69, 9.17) is 4.74 Å². The second-order valence-electron chi connectivity index (χ2n) is 7.49. The van der Waals surface area contributed by atoms with Crippen LogP contribution in [0.3, 0.4) is 0 Å². The average Bonchev–Trinajstić information content (AvgIpc) is 2.84. The van der Waals surface area contributed by atoms with E-state index < -0.39 is 0 Å². The molecule has 0 unspecified atom stereocenters. The van der Waals surface area contributed by atoms with Crippen LogP contribution >= 0.6 is 11.8 Å². The van der Waals surface area contributed by atoms with Gasteiger partial charge >= 0.3 is 5.97 Å². The van der Waals surface area contributed by atoms with Crippen molar-refractivity contribution in [2.75, 3.05) is 37.5 Å². The highest BCUT2D eigenvalue weighted by Crippen LogP contribution is 2.27. The lowest BCUT2D eigenvalue weighted by atomic mass is 10.1. The number of anilines is 1. The summed E-state index contributed by atoms with van der Waals surface area (Å²) in [7, 11) is 1.36. The lowest BCUT2D eigenvalue weighted by molar-refractivity contribution is -0.142. The third-order valence-corrected chi connectivity index (χ3v) is 6.36. The molecule has 0 atom stereocenters. The summed E-state index contributed by atoms with van der Waals surface area (Å²) < 4.78 is 10.1. The number of thioether (sulfide) groups is 1. The van der Waals surface area contributed by atoms with Crippen molar-refractivity contribution in [2.45, 2.75) is 25.2 Å². The lowest BCUT2D eigenvalue weighted by Gasteiger charge is -2.23. The molecule has 0 saturated heterocycles. The summed E-state index contributed by atoms with van der Waals surface area (Å²) in [6, 6.07) is 25.4. The smallest absolute Gasteiger partial charge is 0.343 e. The number of esters is 1. The highest BCUT2D eigenvalue weighted by Gasteiger charge is 2.07. The molecule has 0 radical (unpaired) electrons. The van der Waals surface area contributed by atoms with E-state index in [0.29, 0.717) is 0 Å². The van der Waals surface area contributed by atoms with Gasteiger partial charge < -0.3 is 14.4 Å². The SMILES string of the molecule is CCN(CCCSc1ccc(OCC(=O)OC)c(C)c1)c1ccc(-c2ccccc2)cc1. The minimum absolute atomic E-state index is 0.0665. The van der Waals surface area contributed by atoms with Gasteiger partial charge in [-0.15, -0.1) is 11.8 Å². The topological polar surface area (TPSA) is 38.8 Å². The Morgan fingerprint density at radius 3 is 2.34 bits per heavy atom. The Kier molecular flexibility index (Phi) is 9.05. The van der Waals surface area contributed by atoms with E-state index in [0.717, 1.165) is 36.6 Å². The van der Waals surface area contributed by atoms with Crippen LogP contribution in [0.4, 0.5) is 5.69 Å². The number of hydrogen-bond acceptors (Lipinski definition) is 5.